The van der Waals surface area contributed by atoms with Crippen LogP contribution < -0.4 is 10.6 Å². The number of rotatable bonds is 26. The second kappa shape index (κ2) is 26.8. The van der Waals surface area contributed by atoms with Crippen LogP contribution in [0.2, 0.25) is 0 Å². The fourth-order valence-electron chi connectivity index (χ4n) is 3.21. The molecule has 0 radical (unpaired) electrons. The van der Waals surface area contributed by atoms with Crippen molar-refractivity contribution in [2.24, 2.45) is 0 Å². The van der Waals surface area contributed by atoms with E-state index in [0.29, 0.717) is 31.1 Å². The Labute approximate surface area is 283 Å². The summed E-state index contributed by atoms with van der Waals surface area (Å²) in [6.45, 7) is -0.0782. The van der Waals surface area contributed by atoms with E-state index in [1.54, 1.807) is 0 Å². The third-order valence-electron chi connectivity index (χ3n) is 4.83. The Bertz CT molecular complexity index is 1080. The van der Waals surface area contributed by atoms with Gasteiger partial charge in [0.2, 0.25) is 0 Å². The summed E-state index contributed by atoms with van der Waals surface area (Å²) in [5.41, 5.74) is 0. The van der Waals surface area contributed by atoms with E-state index < -0.39 is 104 Å². The number of carboxylic acid groups (broad SMARTS) is 6. The molecule has 0 rings (SSSR count). The van der Waals surface area contributed by atoms with Crippen molar-refractivity contribution in [3.63, 3.8) is 0 Å². The van der Waals surface area contributed by atoms with Crippen LogP contribution in [0.25, 0.3) is 0 Å². The topological polar surface area (TPSA) is 430 Å². The highest BCUT2D eigenvalue weighted by Gasteiger charge is 2.30. The number of hydrogen-bond acceptors (Lipinski definition) is 14. The summed E-state index contributed by atoms with van der Waals surface area (Å²) in [5, 5.41) is 56.9. The largest absolute Gasteiger partial charge is 0.481 e. The van der Waals surface area contributed by atoms with E-state index in [9.17, 15) is 42.5 Å². The number of carboxylic acids is 6. The molecular weight excluding hydrogens is 751 g/mol. The van der Waals surface area contributed by atoms with E-state index in [-0.39, 0.29) is 25.9 Å². The molecule has 0 saturated heterocycles. The van der Waals surface area contributed by atoms with Crippen molar-refractivity contribution >= 4 is 58.6 Å². The van der Waals surface area contributed by atoms with Gasteiger partial charge in [0.1, 0.15) is 18.9 Å². The SMILES string of the molecule is O=C(O)CCNCCNCCC(=O)O.O=C(O)CN(CCN(CC(=O)O)CC(=O)O)CC(=O)O.O=P(O)(O)CN(CP(=O)(O)O)CP(=O)(O)O. The summed E-state index contributed by atoms with van der Waals surface area (Å²) in [5.74, 6) is -6.56. The summed E-state index contributed by atoms with van der Waals surface area (Å²) in [6, 6.07) is 0. The van der Waals surface area contributed by atoms with Gasteiger partial charge in [-0.2, -0.15) is 0 Å². The second-order valence-electron chi connectivity index (χ2n) is 9.87. The molecule has 0 fully saturated rings. The smallest absolute Gasteiger partial charge is 0.339 e. The molecule has 50 heavy (non-hydrogen) atoms. The van der Waals surface area contributed by atoms with Crippen LogP contribution in [0.5, 0.6) is 0 Å². The molecule has 0 aliphatic carbocycles. The average molecular weight is 796 g/mol. The van der Waals surface area contributed by atoms with Gasteiger partial charge in [0.15, 0.2) is 0 Å². The first-order chi connectivity index (χ1) is 22.6. The summed E-state index contributed by atoms with van der Waals surface area (Å²) in [7, 11) is -14.0. The van der Waals surface area contributed by atoms with Gasteiger partial charge in [-0.1, -0.05) is 0 Å². The predicted octanol–water partition coefficient (Wildman–Crippen LogP) is -4.26. The van der Waals surface area contributed by atoms with E-state index in [2.05, 4.69) is 10.6 Å². The first-order valence-corrected chi connectivity index (χ1v) is 19.0. The van der Waals surface area contributed by atoms with E-state index in [1.165, 1.54) is 0 Å². The molecule has 0 bridgehead atoms. The van der Waals surface area contributed by atoms with Crippen LogP contribution in [-0.4, -0.2) is 195 Å². The molecular formula is C21H44N5O21P3. The molecule has 29 heteroatoms. The highest BCUT2D eigenvalue weighted by molar-refractivity contribution is 7.53. The molecule has 294 valence electrons. The predicted molar refractivity (Wildman–Crippen MR) is 166 cm³/mol. The number of aliphatic carboxylic acids is 6. The van der Waals surface area contributed by atoms with E-state index in [1.807, 2.05) is 0 Å². The highest BCUT2D eigenvalue weighted by Crippen LogP contribution is 2.45. The quantitative estimate of drug-likeness (QED) is 0.0291. The molecule has 26 nitrogen and oxygen atoms in total. The van der Waals surface area contributed by atoms with Gasteiger partial charge >= 0.3 is 58.6 Å². The Kier molecular flexibility index (Phi) is 27.6. The minimum atomic E-state index is -4.65. The van der Waals surface area contributed by atoms with Crippen molar-refractivity contribution in [3.05, 3.63) is 0 Å². The third kappa shape index (κ3) is 45.1. The van der Waals surface area contributed by atoms with Crippen LogP contribution in [0.15, 0.2) is 0 Å². The molecule has 0 spiro atoms. The molecule has 0 atom stereocenters. The molecule has 0 aromatic carbocycles. The van der Waals surface area contributed by atoms with Gasteiger partial charge < -0.3 is 70.6 Å². The Morgan fingerprint density at radius 2 is 0.640 bits per heavy atom. The van der Waals surface area contributed by atoms with Crippen LogP contribution in [0.1, 0.15) is 12.8 Å². The average Bonchev–Trinajstić information content (AvgIpc) is 2.84. The lowest BCUT2D eigenvalue weighted by Gasteiger charge is -2.23. The number of nitrogens with zero attached hydrogens (tertiary/aromatic N) is 3. The minimum Gasteiger partial charge on any atom is -0.481 e. The number of nitrogens with one attached hydrogen (secondary N) is 2. The number of carbonyl (C=O) groups is 6. The Morgan fingerprint density at radius 3 is 0.820 bits per heavy atom. The van der Waals surface area contributed by atoms with Crippen LogP contribution >= 0.6 is 22.8 Å². The minimum absolute atomic E-state index is 0.0703. The van der Waals surface area contributed by atoms with E-state index in [4.69, 9.17) is 60.0 Å². The van der Waals surface area contributed by atoms with Crippen molar-refractivity contribution in [1.82, 2.24) is 25.3 Å². The zero-order valence-corrected chi connectivity index (χ0v) is 29.0. The van der Waals surface area contributed by atoms with Gasteiger partial charge in [-0.3, -0.25) is 57.2 Å². The molecule has 0 aliphatic rings. The van der Waals surface area contributed by atoms with Gasteiger partial charge in [0.25, 0.3) is 0 Å². The van der Waals surface area contributed by atoms with Crippen molar-refractivity contribution in [2.75, 3.05) is 84.3 Å². The molecule has 0 aliphatic heterocycles. The van der Waals surface area contributed by atoms with Crippen LogP contribution in [0.3, 0.4) is 0 Å². The molecule has 14 N–H and O–H groups in total. The highest BCUT2D eigenvalue weighted by atomic mass is 31.2. The summed E-state index contributed by atoms with van der Waals surface area (Å²) in [4.78, 5) is 116. The number of hydrogen-bond donors (Lipinski definition) is 14. The maximum Gasteiger partial charge on any atom is 0.339 e. The van der Waals surface area contributed by atoms with Crippen LogP contribution in [0, 0.1) is 0 Å². The van der Waals surface area contributed by atoms with Crippen molar-refractivity contribution in [2.45, 2.75) is 12.8 Å². The second-order valence-corrected chi connectivity index (χ2v) is 14.7. The Balaban J connectivity index is -0.000000675. The molecule has 0 saturated carbocycles. The van der Waals surface area contributed by atoms with Gasteiger partial charge in [0, 0.05) is 39.3 Å². The zero-order chi connectivity index (χ0) is 39.7. The normalized spacial score (nSPS) is 11.7. The van der Waals surface area contributed by atoms with Crippen LogP contribution in [-0.2, 0) is 42.5 Å². The fourth-order valence-corrected chi connectivity index (χ4v) is 5.85. The van der Waals surface area contributed by atoms with E-state index in [0.717, 1.165) is 9.80 Å². The standard InChI is InChI=1S/C10H16N2O8.C8H16N2O4.C3H12NO9P3/c13-7(14)3-11(4-8(15)16)1-2-12(5-9(17)18)6-10(19)20;11-7(12)1-3-9-5-6-10-4-2-8(13)14;5-14(6,7)1-4(2-15(8,9)10)3-16(11,12)13/h1-6H2,(H,13,14)(H,15,16)(H,17,18)(H,19,20);9-10H,1-6H2,(H,11,12)(H,13,14);1-3H2,(H2,5,6,7)(H2,8,9,10)(H2,11,12,13). The molecule has 0 amide bonds. The summed E-state index contributed by atoms with van der Waals surface area (Å²) >= 11 is 0. The Hall–Kier alpha value is -2.93. The molecule has 0 aromatic rings. The van der Waals surface area contributed by atoms with Crippen molar-refractivity contribution < 1.29 is 102 Å². The monoisotopic (exact) mass is 795 g/mol. The van der Waals surface area contributed by atoms with Gasteiger partial charge in [-0.25, -0.2) is 0 Å². The Morgan fingerprint density at radius 1 is 0.400 bits per heavy atom. The van der Waals surface area contributed by atoms with Gasteiger partial charge in [-0.15, -0.1) is 0 Å². The lowest BCUT2D eigenvalue weighted by Crippen LogP contribution is -2.43. The third-order valence-corrected chi connectivity index (χ3v) is 7.14. The molecule has 0 aromatic heterocycles. The lowest BCUT2D eigenvalue weighted by molar-refractivity contribution is -0.145. The first kappa shape index (κ1) is 51.4. The van der Waals surface area contributed by atoms with Crippen molar-refractivity contribution in [3.8, 4) is 0 Å². The van der Waals surface area contributed by atoms with Crippen molar-refractivity contribution in [1.29, 1.82) is 0 Å². The van der Waals surface area contributed by atoms with Gasteiger partial charge in [0.05, 0.1) is 39.0 Å². The summed E-state index contributed by atoms with van der Waals surface area (Å²) < 4.78 is 31.7. The maximum atomic E-state index is 10.6. The maximum absolute atomic E-state index is 10.6. The lowest BCUT2D eigenvalue weighted by atomic mass is 10.4. The molecule has 0 unspecified atom stereocenters. The summed E-state index contributed by atoms with van der Waals surface area (Å²) in [6.07, 6.45) is -3.19. The molecule has 0 heterocycles. The first-order valence-electron chi connectivity index (χ1n) is 13.6. The van der Waals surface area contributed by atoms with E-state index >= 15 is 0 Å². The van der Waals surface area contributed by atoms with Crippen LogP contribution in [0.4, 0.5) is 0 Å². The zero-order valence-electron chi connectivity index (χ0n) is 26.3. The van der Waals surface area contributed by atoms with Gasteiger partial charge in [-0.05, 0) is 0 Å². The fraction of sp³-hybridized carbons (Fsp3) is 0.714.